The Kier molecular flexibility index (Phi) is 4.83. The predicted octanol–water partition coefficient (Wildman–Crippen LogP) is 1.22. The second-order valence-electron chi connectivity index (χ2n) is 2.69. The highest BCUT2D eigenvalue weighted by Crippen LogP contribution is 2.15. The lowest BCUT2D eigenvalue weighted by atomic mass is 10.4. The highest BCUT2D eigenvalue weighted by Gasteiger charge is 2.12. The molecule has 15 heavy (non-hydrogen) atoms. The van der Waals surface area contributed by atoms with E-state index < -0.39 is 12.1 Å². The number of hydrogen-bond acceptors (Lipinski definition) is 5. The first-order valence-corrected chi connectivity index (χ1v) is 5.29. The van der Waals surface area contributed by atoms with Crippen molar-refractivity contribution in [2.75, 3.05) is 5.75 Å². The molecule has 1 aromatic rings. The number of carbonyl (C=O) groups is 1. The molecule has 0 N–H and O–H groups in total. The van der Waals surface area contributed by atoms with Gasteiger partial charge in [0.05, 0.1) is 5.03 Å². The number of carbonyl (C=O) groups excluding carboxylic acids is 2. The van der Waals surface area contributed by atoms with Gasteiger partial charge < -0.3 is 4.74 Å². The Morgan fingerprint density at radius 3 is 3.00 bits per heavy atom. The molecule has 5 heteroatoms. The number of aromatic nitrogens is 1. The summed E-state index contributed by atoms with van der Waals surface area (Å²) in [5.41, 5.74) is 0. The van der Waals surface area contributed by atoms with E-state index in [-0.39, 0.29) is 0 Å². The van der Waals surface area contributed by atoms with E-state index in [1.54, 1.807) is 18.5 Å². The van der Waals surface area contributed by atoms with Gasteiger partial charge >= 0.3 is 5.97 Å². The number of hydrogen-bond donors (Lipinski definition) is 0. The van der Waals surface area contributed by atoms with Gasteiger partial charge in [-0.3, -0.25) is 9.59 Å². The maximum atomic E-state index is 10.6. The van der Waals surface area contributed by atoms with Crippen molar-refractivity contribution in [2.45, 2.75) is 18.1 Å². The van der Waals surface area contributed by atoms with Crippen LogP contribution in [0.2, 0.25) is 0 Å². The summed E-state index contributed by atoms with van der Waals surface area (Å²) in [6.07, 6.45) is 2.50. The molecule has 1 radical (unpaired) electrons. The average Bonchev–Trinajstić information content (AvgIpc) is 2.25. The molecule has 1 heterocycles. The molecule has 0 aliphatic heterocycles. The largest absolute Gasteiger partial charge is 0.453 e. The third-order valence-electron chi connectivity index (χ3n) is 1.46. The van der Waals surface area contributed by atoms with Crippen LogP contribution in [0.1, 0.15) is 6.92 Å². The summed E-state index contributed by atoms with van der Waals surface area (Å²) >= 11 is 1.34. The lowest BCUT2D eigenvalue weighted by molar-refractivity contribution is -0.142. The number of thioether (sulfide) groups is 1. The van der Waals surface area contributed by atoms with Crippen molar-refractivity contribution in [3.63, 3.8) is 0 Å². The first-order valence-electron chi connectivity index (χ1n) is 4.31. The van der Waals surface area contributed by atoms with Gasteiger partial charge in [0.1, 0.15) is 0 Å². The fraction of sp³-hybridized carbons (Fsp3) is 0.300. The zero-order valence-electron chi connectivity index (χ0n) is 8.17. The molecule has 1 aromatic heterocycles. The fourth-order valence-corrected chi connectivity index (χ4v) is 1.65. The summed E-state index contributed by atoms with van der Waals surface area (Å²) in [6.45, 7) is 1.26. The Bertz CT molecular complexity index is 329. The standard InChI is InChI=1S/C10H10NO3S/c1-8(13)14-9(6-12)7-15-10-4-2-3-5-11-10/h2-5,9H,7H2,1H3. The van der Waals surface area contributed by atoms with E-state index >= 15 is 0 Å². The topological polar surface area (TPSA) is 56.3 Å². The van der Waals surface area contributed by atoms with Crippen molar-refractivity contribution in [3.05, 3.63) is 24.4 Å². The van der Waals surface area contributed by atoms with Crippen LogP contribution in [0.5, 0.6) is 0 Å². The van der Waals surface area contributed by atoms with Crippen LogP contribution in [0.4, 0.5) is 0 Å². The minimum Gasteiger partial charge on any atom is -0.453 e. The second-order valence-corrected chi connectivity index (χ2v) is 3.74. The van der Waals surface area contributed by atoms with E-state index in [2.05, 4.69) is 4.98 Å². The van der Waals surface area contributed by atoms with Gasteiger partial charge in [-0.1, -0.05) is 6.07 Å². The molecule has 0 amide bonds. The van der Waals surface area contributed by atoms with Gasteiger partial charge in [-0.2, -0.15) is 0 Å². The minimum absolute atomic E-state index is 0.333. The molecule has 0 saturated heterocycles. The lowest BCUT2D eigenvalue weighted by Crippen LogP contribution is -2.20. The molecular formula is C10H10NO3S. The molecule has 0 aromatic carbocycles. The Balaban J connectivity index is 2.41. The quantitative estimate of drug-likeness (QED) is 0.556. The van der Waals surface area contributed by atoms with Crippen LogP contribution in [0, 0.1) is 0 Å². The summed E-state index contributed by atoms with van der Waals surface area (Å²) in [6, 6.07) is 5.47. The number of esters is 1. The molecule has 0 fully saturated rings. The van der Waals surface area contributed by atoms with Gasteiger partial charge in [0.25, 0.3) is 0 Å². The van der Waals surface area contributed by atoms with Crippen LogP contribution in [0.25, 0.3) is 0 Å². The lowest BCUT2D eigenvalue weighted by Gasteiger charge is -2.08. The Morgan fingerprint density at radius 2 is 2.47 bits per heavy atom. The van der Waals surface area contributed by atoms with E-state index in [4.69, 9.17) is 4.74 Å². The van der Waals surface area contributed by atoms with Crippen LogP contribution >= 0.6 is 11.8 Å². The molecule has 4 nitrogen and oxygen atoms in total. The first-order chi connectivity index (χ1) is 7.22. The molecule has 79 valence electrons. The van der Waals surface area contributed by atoms with Gasteiger partial charge in [0.15, 0.2) is 6.10 Å². The monoisotopic (exact) mass is 224 g/mol. The summed E-state index contributed by atoms with van der Waals surface area (Å²) in [5, 5.41) is 0.782. The van der Waals surface area contributed by atoms with Crippen molar-refractivity contribution >= 4 is 24.0 Å². The third kappa shape index (κ3) is 4.60. The number of ether oxygens (including phenoxy) is 1. The molecule has 0 aliphatic rings. The minimum atomic E-state index is -0.825. The van der Waals surface area contributed by atoms with Crippen LogP contribution in [0.3, 0.4) is 0 Å². The van der Waals surface area contributed by atoms with Gasteiger partial charge in [-0.05, 0) is 12.1 Å². The van der Waals surface area contributed by atoms with E-state index in [9.17, 15) is 9.59 Å². The molecule has 0 bridgehead atoms. The normalized spacial score (nSPS) is 11.8. The van der Waals surface area contributed by atoms with Crippen LogP contribution in [-0.2, 0) is 14.3 Å². The summed E-state index contributed by atoms with van der Waals surface area (Å²) in [4.78, 5) is 25.1. The molecule has 0 saturated carbocycles. The molecular weight excluding hydrogens is 214 g/mol. The maximum absolute atomic E-state index is 10.6. The molecule has 1 atom stereocenters. The smallest absolute Gasteiger partial charge is 0.303 e. The fourth-order valence-electron chi connectivity index (χ4n) is 0.886. The predicted molar refractivity (Wildman–Crippen MR) is 56.2 cm³/mol. The third-order valence-corrected chi connectivity index (χ3v) is 2.47. The van der Waals surface area contributed by atoms with Crippen molar-refractivity contribution < 1.29 is 14.3 Å². The SMILES string of the molecule is CC(=O)OC([C]=O)CSc1ccccn1. The Hall–Kier alpha value is -1.36. The van der Waals surface area contributed by atoms with E-state index in [0.29, 0.717) is 5.75 Å². The highest BCUT2D eigenvalue weighted by atomic mass is 32.2. The van der Waals surface area contributed by atoms with Gasteiger partial charge in [-0.15, -0.1) is 11.8 Å². The summed E-state index contributed by atoms with van der Waals surface area (Å²) in [5.74, 6) is -0.148. The van der Waals surface area contributed by atoms with Crippen molar-refractivity contribution in [1.82, 2.24) is 4.98 Å². The Labute approximate surface area is 92.0 Å². The van der Waals surface area contributed by atoms with Crippen LogP contribution in [-0.4, -0.2) is 29.1 Å². The summed E-state index contributed by atoms with van der Waals surface area (Å²) in [7, 11) is 0. The zero-order chi connectivity index (χ0) is 11.1. The number of rotatable bonds is 5. The van der Waals surface area contributed by atoms with Gasteiger partial charge in [-0.25, -0.2) is 4.98 Å². The highest BCUT2D eigenvalue weighted by molar-refractivity contribution is 7.99. The van der Waals surface area contributed by atoms with Crippen molar-refractivity contribution in [2.24, 2.45) is 0 Å². The average molecular weight is 224 g/mol. The number of nitrogens with zero attached hydrogens (tertiary/aromatic N) is 1. The summed E-state index contributed by atoms with van der Waals surface area (Å²) < 4.78 is 4.71. The van der Waals surface area contributed by atoms with Gasteiger partial charge in [0, 0.05) is 18.9 Å². The second kappa shape index (κ2) is 6.19. The van der Waals surface area contributed by atoms with Crippen LogP contribution in [0.15, 0.2) is 29.4 Å². The first kappa shape index (κ1) is 11.7. The maximum Gasteiger partial charge on any atom is 0.303 e. The Morgan fingerprint density at radius 1 is 1.67 bits per heavy atom. The van der Waals surface area contributed by atoms with E-state index in [1.807, 2.05) is 12.1 Å². The zero-order valence-corrected chi connectivity index (χ0v) is 8.99. The van der Waals surface area contributed by atoms with Crippen LogP contribution < -0.4 is 0 Å². The molecule has 1 unspecified atom stereocenters. The molecule has 0 spiro atoms. The van der Waals surface area contributed by atoms with Gasteiger partial charge in [0.2, 0.25) is 6.29 Å². The van der Waals surface area contributed by atoms with Crippen molar-refractivity contribution in [3.8, 4) is 0 Å². The molecule has 1 rings (SSSR count). The van der Waals surface area contributed by atoms with Crippen molar-refractivity contribution in [1.29, 1.82) is 0 Å². The number of pyridine rings is 1. The van der Waals surface area contributed by atoms with E-state index in [0.717, 1.165) is 5.03 Å². The van der Waals surface area contributed by atoms with E-state index in [1.165, 1.54) is 18.7 Å². The molecule has 0 aliphatic carbocycles.